The van der Waals surface area contributed by atoms with Crippen LogP contribution in [0.3, 0.4) is 0 Å². The normalized spacial score (nSPS) is 12.4. The molecule has 0 radical (unpaired) electrons. The molecule has 4 aromatic rings. The van der Waals surface area contributed by atoms with Crippen LogP contribution in [0.4, 0.5) is 0 Å². The van der Waals surface area contributed by atoms with Crippen molar-refractivity contribution in [3.63, 3.8) is 0 Å². The van der Waals surface area contributed by atoms with Gasteiger partial charge in [0, 0.05) is 22.7 Å². The Labute approximate surface area is 148 Å². The minimum Gasteiger partial charge on any atom is -0.496 e. The molecule has 5 nitrogen and oxygen atoms in total. The lowest BCUT2D eigenvalue weighted by Crippen LogP contribution is -2.03. The molecule has 0 spiro atoms. The van der Waals surface area contributed by atoms with Crippen molar-refractivity contribution in [2.24, 2.45) is 0 Å². The van der Waals surface area contributed by atoms with Crippen LogP contribution in [-0.2, 0) is 0 Å². The number of hydrogen-bond donors (Lipinski definition) is 2. The first kappa shape index (κ1) is 15.6. The Morgan fingerprint density at radius 1 is 1.32 bits per heavy atom. The topological polar surface area (TPSA) is 81.9 Å². The van der Waals surface area contributed by atoms with Crippen LogP contribution in [0, 0.1) is 18.3 Å². The number of nitriles is 1. The Hall–Kier alpha value is -2.88. The number of aromatic nitrogens is 2. The van der Waals surface area contributed by atoms with Gasteiger partial charge in [-0.15, -0.1) is 11.3 Å². The number of methoxy groups -OCH3 is 1. The second-order valence-corrected chi connectivity index (χ2v) is 6.89. The van der Waals surface area contributed by atoms with E-state index in [0.717, 1.165) is 26.7 Å². The van der Waals surface area contributed by atoms with Gasteiger partial charge in [-0.3, -0.25) is 0 Å². The number of nitrogens with zero attached hydrogens (tertiary/aromatic N) is 2. The van der Waals surface area contributed by atoms with Crippen molar-refractivity contribution in [3.05, 3.63) is 58.2 Å². The Balaban J connectivity index is 1.90. The molecule has 2 heterocycles. The molecule has 6 heteroatoms. The van der Waals surface area contributed by atoms with Crippen LogP contribution in [0.5, 0.6) is 5.75 Å². The Morgan fingerprint density at radius 3 is 2.92 bits per heavy atom. The zero-order valence-corrected chi connectivity index (χ0v) is 14.5. The quantitative estimate of drug-likeness (QED) is 0.585. The number of nitrogens with one attached hydrogen (secondary N) is 1. The van der Waals surface area contributed by atoms with E-state index in [2.05, 4.69) is 16.0 Å². The molecule has 25 heavy (non-hydrogen) atoms. The fraction of sp³-hybridized carbons (Fsp3) is 0.158. The molecule has 2 N–H and O–H groups in total. The number of ether oxygens (including phenoxy) is 1. The van der Waals surface area contributed by atoms with Crippen LogP contribution in [0.15, 0.2) is 36.5 Å². The molecule has 2 aromatic carbocycles. The fourth-order valence-electron chi connectivity index (χ4n) is 3.11. The van der Waals surface area contributed by atoms with Crippen LogP contribution in [0.2, 0.25) is 0 Å². The Kier molecular flexibility index (Phi) is 3.68. The number of fused-ring (bicyclic) bond motifs is 2. The second-order valence-electron chi connectivity index (χ2n) is 5.82. The highest BCUT2D eigenvalue weighted by Gasteiger charge is 2.23. The van der Waals surface area contributed by atoms with Gasteiger partial charge in [0.2, 0.25) is 0 Å². The van der Waals surface area contributed by atoms with Crippen LogP contribution >= 0.6 is 11.3 Å². The highest BCUT2D eigenvalue weighted by Crippen LogP contribution is 2.39. The van der Waals surface area contributed by atoms with E-state index in [-0.39, 0.29) is 0 Å². The van der Waals surface area contributed by atoms with Crippen molar-refractivity contribution >= 4 is 32.5 Å². The lowest BCUT2D eigenvalue weighted by molar-refractivity contribution is 0.216. The van der Waals surface area contributed by atoms with Crippen molar-refractivity contribution in [2.75, 3.05) is 7.11 Å². The van der Waals surface area contributed by atoms with E-state index < -0.39 is 6.10 Å². The number of rotatable bonds is 3. The van der Waals surface area contributed by atoms with Gasteiger partial charge in [-0.05, 0) is 42.8 Å². The van der Waals surface area contributed by atoms with E-state index in [1.165, 1.54) is 11.3 Å². The maximum absolute atomic E-state index is 11.0. The van der Waals surface area contributed by atoms with E-state index in [1.807, 2.05) is 31.3 Å². The summed E-state index contributed by atoms with van der Waals surface area (Å²) in [5, 5.41) is 21.6. The molecule has 0 saturated heterocycles. The van der Waals surface area contributed by atoms with Gasteiger partial charge in [0.05, 0.1) is 29.0 Å². The number of H-pyrrole nitrogens is 1. The Bertz CT molecular complexity index is 1140. The van der Waals surface area contributed by atoms with Crippen LogP contribution in [0.1, 0.15) is 27.8 Å². The molecule has 0 aliphatic carbocycles. The first-order chi connectivity index (χ1) is 12.1. The number of aliphatic hydroxyl groups is 1. The maximum Gasteiger partial charge on any atom is 0.135 e. The number of benzene rings is 2. The largest absolute Gasteiger partial charge is 0.496 e. The van der Waals surface area contributed by atoms with Crippen molar-refractivity contribution in [1.82, 2.24) is 9.97 Å². The first-order valence-corrected chi connectivity index (χ1v) is 8.57. The number of thiazole rings is 1. The fourth-order valence-corrected chi connectivity index (χ4v) is 4.05. The lowest BCUT2D eigenvalue weighted by Gasteiger charge is -2.15. The summed E-state index contributed by atoms with van der Waals surface area (Å²) < 4.78 is 6.45. The number of aryl methyl sites for hydroxylation is 1. The van der Waals surface area contributed by atoms with Gasteiger partial charge in [-0.1, -0.05) is 0 Å². The highest BCUT2D eigenvalue weighted by molar-refractivity contribution is 7.18. The van der Waals surface area contributed by atoms with E-state index in [4.69, 9.17) is 10.00 Å². The van der Waals surface area contributed by atoms with Crippen molar-refractivity contribution in [3.8, 4) is 11.8 Å². The molecule has 0 amide bonds. The molecular weight excluding hydrogens is 334 g/mol. The molecule has 0 aliphatic heterocycles. The number of aromatic amines is 1. The summed E-state index contributed by atoms with van der Waals surface area (Å²) in [5.41, 5.74) is 4.00. The van der Waals surface area contributed by atoms with Gasteiger partial charge in [0.25, 0.3) is 0 Å². The number of aliphatic hydroxyl groups excluding tert-OH is 1. The molecule has 0 saturated carbocycles. The van der Waals surface area contributed by atoms with Crippen molar-refractivity contribution in [2.45, 2.75) is 13.0 Å². The smallest absolute Gasteiger partial charge is 0.135 e. The van der Waals surface area contributed by atoms with E-state index in [9.17, 15) is 5.11 Å². The van der Waals surface area contributed by atoms with E-state index in [1.54, 1.807) is 19.2 Å². The second kappa shape index (κ2) is 5.88. The van der Waals surface area contributed by atoms with Gasteiger partial charge in [0.15, 0.2) is 0 Å². The van der Waals surface area contributed by atoms with Crippen molar-refractivity contribution < 1.29 is 9.84 Å². The molecule has 1 unspecified atom stereocenters. The van der Waals surface area contributed by atoms with Crippen molar-refractivity contribution in [1.29, 1.82) is 5.26 Å². The molecule has 4 rings (SSSR count). The Morgan fingerprint density at radius 2 is 2.16 bits per heavy atom. The van der Waals surface area contributed by atoms with Crippen LogP contribution in [-0.4, -0.2) is 22.2 Å². The molecule has 2 aromatic heterocycles. The summed E-state index contributed by atoms with van der Waals surface area (Å²) in [5.74, 6) is 0.633. The third-order valence-corrected chi connectivity index (χ3v) is 5.39. The van der Waals surface area contributed by atoms with Crippen LogP contribution in [0.25, 0.3) is 21.1 Å². The highest BCUT2D eigenvalue weighted by atomic mass is 32.1. The zero-order valence-electron chi connectivity index (χ0n) is 13.7. The third kappa shape index (κ3) is 2.45. The van der Waals surface area contributed by atoms with E-state index in [0.29, 0.717) is 21.9 Å². The molecule has 124 valence electrons. The molecule has 0 bridgehead atoms. The average molecular weight is 349 g/mol. The van der Waals surface area contributed by atoms with E-state index >= 15 is 0 Å². The first-order valence-electron chi connectivity index (χ1n) is 7.75. The summed E-state index contributed by atoms with van der Waals surface area (Å²) >= 11 is 1.42. The standard InChI is InChI=1S/C19H15N3O2S/c1-10-7-14(24-2)16(12-5-6-21-17(10)12)18(23)19-22-13-8-11(9-20)3-4-15(13)25-19/h3-8,18,21,23H,1-2H3. The van der Waals surface area contributed by atoms with Gasteiger partial charge < -0.3 is 14.8 Å². The summed E-state index contributed by atoms with van der Waals surface area (Å²) in [7, 11) is 1.60. The van der Waals surface area contributed by atoms with Gasteiger partial charge in [-0.2, -0.15) is 5.26 Å². The summed E-state index contributed by atoms with van der Waals surface area (Å²) in [6.07, 6.45) is 0.946. The molecular formula is C19H15N3O2S. The minimum absolute atomic E-state index is 0.555. The van der Waals surface area contributed by atoms with Crippen LogP contribution < -0.4 is 4.74 Å². The predicted molar refractivity (Wildman–Crippen MR) is 98.0 cm³/mol. The summed E-state index contributed by atoms with van der Waals surface area (Å²) in [6, 6.07) is 11.3. The maximum atomic E-state index is 11.0. The summed E-state index contributed by atoms with van der Waals surface area (Å²) in [4.78, 5) is 7.75. The monoisotopic (exact) mass is 349 g/mol. The molecule has 1 atom stereocenters. The molecule has 0 aliphatic rings. The summed E-state index contributed by atoms with van der Waals surface area (Å²) in [6.45, 7) is 2.00. The van der Waals surface area contributed by atoms with Gasteiger partial charge >= 0.3 is 0 Å². The number of hydrogen-bond acceptors (Lipinski definition) is 5. The van der Waals surface area contributed by atoms with Gasteiger partial charge in [0.1, 0.15) is 16.9 Å². The lowest BCUT2D eigenvalue weighted by atomic mass is 10.0. The predicted octanol–water partition coefficient (Wildman–Crippen LogP) is 4.05. The zero-order chi connectivity index (χ0) is 17.6. The third-order valence-electron chi connectivity index (χ3n) is 4.31. The van der Waals surface area contributed by atoms with Gasteiger partial charge in [-0.25, -0.2) is 4.98 Å². The average Bonchev–Trinajstić information content (AvgIpc) is 3.27. The SMILES string of the molecule is COc1cc(C)c2[nH]ccc2c1C(O)c1nc2cc(C#N)ccc2s1. The molecule has 0 fully saturated rings. The minimum atomic E-state index is -0.906.